The lowest BCUT2D eigenvalue weighted by molar-refractivity contribution is 0.100. The number of nitrogens with zero attached hydrogens (tertiary/aromatic N) is 3. The highest BCUT2D eigenvalue weighted by atomic mass is 35.5. The molecule has 1 aliphatic heterocycles. The summed E-state index contributed by atoms with van der Waals surface area (Å²) in [5, 5.41) is 30.7. The quantitative estimate of drug-likeness (QED) is 0.436. The van der Waals surface area contributed by atoms with Crippen LogP contribution in [0, 0.1) is 23.0 Å². The second-order valence-electron chi connectivity index (χ2n) is 9.16. The molecule has 1 aliphatic rings. The Morgan fingerprint density at radius 1 is 1.05 bits per heavy atom. The summed E-state index contributed by atoms with van der Waals surface area (Å²) in [4.78, 5) is 4.20. The van der Waals surface area contributed by atoms with Crippen molar-refractivity contribution in [3.05, 3.63) is 94.0 Å². The third kappa shape index (κ3) is 6.56. The van der Waals surface area contributed by atoms with E-state index in [0.29, 0.717) is 41.5 Å². The summed E-state index contributed by atoms with van der Waals surface area (Å²) in [7, 11) is 0. The van der Waals surface area contributed by atoms with Gasteiger partial charge in [0.25, 0.3) is 0 Å². The van der Waals surface area contributed by atoms with E-state index in [1.54, 1.807) is 19.1 Å². The SMILES string of the molecule is C[C@H](O)COc1ccc(N2CCN(C[C@@H](O)c3ccc(F)c(F)c3)C[C@H]2c2ccc(Cl)cc2)c(C#N)c1. The summed E-state index contributed by atoms with van der Waals surface area (Å²) in [6.45, 7) is 3.64. The number of aliphatic hydroxyl groups excluding tert-OH is 2. The van der Waals surface area contributed by atoms with E-state index in [1.807, 2.05) is 30.3 Å². The number of halogens is 3. The van der Waals surface area contributed by atoms with Crippen molar-refractivity contribution in [3.63, 3.8) is 0 Å². The third-order valence-electron chi connectivity index (χ3n) is 6.37. The summed E-state index contributed by atoms with van der Waals surface area (Å²) in [5.41, 5.74) is 2.48. The lowest BCUT2D eigenvalue weighted by Gasteiger charge is -2.44. The molecule has 0 radical (unpaired) electrons. The second kappa shape index (κ2) is 11.9. The molecule has 0 bridgehead atoms. The molecule has 2 N–H and O–H groups in total. The van der Waals surface area contributed by atoms with Crippen molar-refractivity contribution in [2.24, 2.45) is 0 Å². The average molecular weight is 528 g/mol. The molecule has 194 valence electrons. The van der Waals surface area contributed by atoms with Crippen LogP contribution in [0.1, 0.15) is 35.8 Å². The minimum absolute atomic E-state index is 0.122. The molecule has 3 atom stereocenters. The molecule has 4 rings (SSSR count). The van der Waals surface area contributed by atoms with Gasteiger partial charge in [-0.2, -0.15) is 5.26 Å². The predicted molar refractivity (Wildman–Crippen MR) is 138 cm³/mol. The summed E-state index contributed by atoms with van der Waals surface area (Å²) >= 11 is 6.12. The number of aliphatic hydroxyl groups is 2. The fraction of sp³-hybridized carbons (Fsp3) is 0.321. The molecule has 3 aromatic rings. The number of ether oxygens (including phenoxy) is 1. The first-order valence-electron chi connectivity index (χ1n) is 12.0. The van der Waals surface area contributed by atoms with Gasteiger partial charge in [-0.15, -0.1) is 0 Å². The molecule has 1 heterocycles. The zero-order chi connectivity index (χ0) is 26.5. The van der Waals surface area contributed by atoms with E-state index >= 15 is 0 Å². The van der Waals surface area contributed by atoms with Crippen molar-refractivity contribution < 1.29 is 23.7 Å². The van der Waals surface area contributed by atoms with E-state index in [0.717, 1.165) is 23.4 Å². The minimum Gasteiger partial charge on any atom is -0.491 e. The van der Waals surface area contributed by atoms with Crippen LogP contribution in [0.4, 0.5) is 14.5 Å². The molecule has 3 aromatic carbocycles. The number of anilines is 1. The maximum absolute atomic E-state index is 13.7. The van der Waals surface area contributed by atoms with Gasteiger partial charge >= 0.3 is 0 Å². The van der Waals surface area contributed by atoms with E-state index in [1.165, 1.54) is 6.07 Å². The van der Waals surface area contributed by atoms with Gasteiger partial charge in [-0.3, -0.25) is 4.90 Å². The van der Waals surface area contributed by atoms with Crippen molar-refractivity contribution in [1.82, 2.24) is 4.90 Å². The van der Waals surface area contributed by atoms with Crippen LogP contribution in [0.2, 0.25) is 5.02 Å². The lowest BCUT2D eigenvalue weighted by Crippen LogP contribution is -2.49. The van der Waals surface area contributed by atoms with Gasteiger partial charge in [0.2, 0.25) is 0 Å². The van der Waals surface area contributed by atoms with Crippen molar-refractivity contribution in [2.75, 3.05) is 37.7 Å². The first kappa shape index (κ1) is 26.8. The Morgan fingerprint density at radius 3 is 2.49 bits per heavy atom. The molecule has 1 saturated heterocycles. The summed E-state index contributed by atoms with van der Waals surface area (Å²) < 4.78 is 32.6. The van der Waals surface area contributed by atoms with Crippen LogP contribution in [-0.4, -0.2) is 54.0 Å². The van der Waals surface area contributed by atoms with Crippen LogP contribution >= 0.6 is 11.6 Å². The molecular formula is C28H28ClF2N3O3. The first-order chi connectivity index (χ1) is 17.7. The molecule has 6 nitrogen and oxygen atoms in total. The molecular weight excluding hydrogens is 500 g/mol. The van der Waals surface area contributed by atoms with Crippen molar-refractivity contribution >= 4 is 17.3 Å². The fourth-order valence-corrected chi connectivity index (χ4v) is 4.62. The molecule has 0 aliphatic carbocycles. The molecule has 0 spiro atoms. The molecule has 0 saturated carbocycles. The van der Waals surface area contributed by atoms with Crippen LogP contribution in [-0.2, 0) is 0 Å². The Balaban J connectivity index is 1.59. The third-order valence-corrected chi connectivity index (χ3v) is 6.62. The number of hydrogen-bond donors (Lipinski definition) is 2. The molecule has 1 fully saturated rings. The Kier molecular flexibility index (Phi) is 8.62. The number of benzene rings is 3. The van der Waals surface area contributed by atoms with Crippen LogP contribution in [0.25, 0.3) is 0 Å². The summed E-state index contributed by atoms with van der Waals surface area (Å²) in [6.07, 6.45) is -1.62. The normalized spacial score (nSPS) is 17.8. The maximum atomic E-state index is 13.7. The van der Waals surface area contributed by atoms with Crippen molar-refractivity contribution in [1.29, 1.82) is 5.26 Å². The van der Waals surface area contributed by atoms with E-state index in [9.17, 15) is 24.3 Å². The van der Waals surface area contributed by atoms with Gasteiger partial charge in [0.15, 0.2) is 11.6 Å². The Bertz CT molecular complexity index is 1270. The lowest BCUT2D eigenvalue weighted by atomic mass is 9.99. The smallest absolute Gasteiger partial charge is 0.159 e. The van der Waals surface area contributed by atoms with E-state index in [4.69, 9.17) is 16.3 Å². The Labute approximate surface area is 219 Å². The topological polar surface area (TPSA) is 80.0 Å². The molecule has 0 unspecified atom stereocenters. The molecule has 0 aromatic heterocycles. The molecule has 37 heavy (non-hydrogen) atoms. The number of nitriles is 1. The second-order valence-corrected chi connectivity index (χ2v) is 9.60. The van der Waals surface area contributed by atoms with Crippen LogP contribution < -0.4 is 9.64 Å². The van der Waals surface area contributed by atoms with Crippen LogP contribution in [0.3, 0.4) is 0 Å². The van der Waals surface area contributed by atoms with Crippen molar-refractivity contribution in [3.8, 4) is 11.8 Å². The number of rotatable bonds is 8. The van der Waals surface area contributed by atoms with Gasteiger partial charge in [0, 0.05) is 31.2 Å². The zero-order valence-electron chi connectivity index (χ0n) is 20.3. The van der Waals surface area contributed by atoms with E-state index in [2.05, 4.69) is 15.9 Å². The Hall–Kier alpha value is -3.22. The Morgan fingerprint density at radius 2 is 1.81 bits per heavy atom. The van der Waals surface area contributed by atoms with Gasteiger partial charge < -0.3 is 19.8 Å². The first-order valence-corrected chi connectivity index (χ1v) is 12.4. The highest BCUT2D eigenvalue weighted by Crippen LogP contribution is 2.35. The van der Waals surface area contributed by atoms with Gasteiger partial charge in [-0.25, -0.2) is 8.78 Å². The van der Waals surface area contributed by atoms with Gasteiger partial charge in [-0.05, 0) is 60.5 Å². The summed E-state index contributed by atoms with van der Waals surface area (Å²) in [6, 6.07) is 18.3. The number of hydrogen-bond acceptors (Lipinski definition) is 6. The predicted octanol–water partition coefficient (Wildman–Crippen LogP) is 4.85. The van der Waals surface area contributed by atoms with Crippen LogP contribution in [0.5, 0.6) is 5.75 Å². The monoisotopic (exact) mass is 527 g/mol. The molecule has 0 amide bonds. The minimum atomic E-state index is -0.995. The van der Waals surface area contributed by atoms with Gasteiger partial charge in [0.1, 0.15) is 18.4 Å². The average Bonchev–Trinajstić information content (AvgIpc) is 2.89. The zero-order valence-corrected chi connectivity index (χ0v) is 21.1. The fourth-order valence-electron chi connectivity index (χ4n) is 4.50. The van der Waals surface area contributed by atoms with E-state index < -0.39 is 23.8 Å². The summed E-state index contributed by atoms with van der Waals surface area (Å²) in [5.74, 6) is -1.45. The highest BCUT2D eigenvalue weighted by molar-refractivity contribution is 6.30. The molecule has 9 heteroatoms. The van der Waals surface area contributed by atoms with Crippen LogP contribution in [0.15, 0.2) is 60.7 Å². The number of piperazine rings is 1. The number of β-amino-alcohol motifs (C(OH)–C–C–N with tert-alkyl or cyclic N) is 1. The van der Waals surface area contributed by atoms with Gasteiger partial charge in [-0.1, -0.05) is 29.8 Å². The highest BCUT2D eigenvalue weighted by Gasteiger charge is 2.31. The van der Waals surface area contributed by atoms with Crippen molar-refractivity contribution in [2.45, 2.75) is 25.2 Å². The van der Waals surface area contributed by atoms with Gasteiger partial charge in [0.05, 0.1) is 29.5 Å². The van der Waals surface area contributed by atoms with E-state index in [-0.39, 0.29) is 19.2 Å². The largest absolute Gasteiger partial charge is 0.491 e. The standard InChI is InChI=1S/C28H28ClF2N3O3/c1-18(35)17-37-23-7-9-26(21(12-23)14-32)34-11-10-33(15-27(34)19-2-5-22(29)6-3-19)16-28(36)20-4-8-24(30)25(31)13-20/h2-9,12-13,18,27-28,35-36H,10-11,15-17H2,1H3/t18-,27-,28+/m0/s1. The maximum Gasteiger partial charge on any atom is 0.159 e.